The van der Waals surface area contributed by atoms with Crippen molar-refractivity contribution >= 4 is 5.91 Å². The molecule has 8 nitrogen and oxygen atoms in total. The molecule has 0 aromatic carbocycles. The fourth-order valence-corrected chi connectivity index (χ4v) is 7.00. The summed E-state index contributed by atoms with van der Waals surface area (Å²) in [5.74, 6) is 1.69. The highest BCUT2D eigenvalue weighted by atomic mass is 16.2. The van der Waals surface area contributed by atoms with Crippen LogP contribution in [0.1, 0.15) is 49.9 Å². The summed E-state index contributed by atoms with van der Waals surface area (Å²) in [5.41, 5.74) is 3.03. The quantitative estimate of drug-likeness (QED) is 0.655. The van der Waals surface area contributed by atoms with Crippen molar-refractivity contribution in [2.75, 3.05) is 19.6 Å². The number of fused-ring (bicyclic) bond motifs is 6. The molecule has 1 amide bonds. The van der Waals surface area contributed by atoms with Crippen molar-refractivity contribution < 1.29 is 4.79 Å². The van der Waals surface area contributed by atoms with Crippen LogP contribution in [0.25, 0.3) is 5.82 Å². The summed E-state index contributed by atoms with van der Waals surface area (Å²) >= 11 is 0. The van der Waals surface area contributed by atoms with Crippen LogP contribution >= 0.6 is 0 Å². The Labute approximate surface area is 200 Å². The van der Waals surface area contributed by atoms with Crippen LogP contribution in [0.2, 0.25) is 0 Å². The minimum absolute atomic E-state index is 0.00469. The molecule has 4 atom stereocenters. The van der Waals surface area contributed by atoms with E-state index in [0.29, 0.717) is 23.7 Å². The number of piperidine rings is 3. The Kier molecular flexibility index (Phi) is 5.43. The third-order valence-corrected chi connectivity index (χ3v) is 8.34. The topological polar surface area (TPSA) is 76.3 Å². The van der Waals surface area contributed by atoms with Crippen molar-refractivity contribution in [3.8, 4) is 5.82 Å². The first-order valence-corrected chi connectivity index (χ1v) is 12.8. The largest absolute Gasteiger partial charge is 0.334 e. The molecular formula is C26H34N6O2. The molecule has 8 heteroatoms. The van der Waals surface area contributed by atoms with Gasteiger partial charge in [0.05, 0.1) is 11.7 Å². The third-order valence-electron chi connectivity index (χ3n) is 8.34. The maximum atomic E-state index is 13.6. The average molecular weight is 463 g/mol. The van der Waals surface area contributed by atoms with Crippen LogP contribution in [0.5, 0.6) is 0 Å². The minimum Gasteiger partial charge on any atom is -0.334 e. The molecule has 2 aromatic rings. The number of nitrogens with zero attached hydrogens (tertiary/aromatic N) is 6. The number of carbonyl (C=O) groups excluding carboxylic acids is 1. The first kappa shape index (κ1) is 21.8. The summed E-state index contributed by atoms with van der Waals surface area (Å²) in [4.78, 5) is 31.0. The predicted octanol–water partition coefficient (Wildman–Crippen LogP) is 2.47. The normalized spacial score (nSPS) is 28.8. The van der Waals surface area contributed by atoms with Crippen LogP contribution in [0.15, 0.2) is 34.6 Å². The summed E-state index contributed by atoms with van der Waals surface area (Å²) in [6, 6.07) is 6.00. The summed E-state index contributed by atoms with van der Waals surface area (Å²) in [6.45, 7) is 6.90. The fourth-order valence-electron chi connectivity index (χ4n) is 7.00. The van der Waals surface area contributed by atoms with Crippen molar-refractivity contribution in [3.05, 3.63) is 51.6 Å². The summed E-state index contributed by atoms with van der Waals surface area (Å²) < 4.78 is 3.02. The molecule has 0 unspecified atom stereocenters. The molecule has 2 aromatic heterocycles. The molecular weight excluding hydrogens is 428 g/mol. The van der Waals surface area contributed by atoms with Gasteiger partial charge in [-0.15, -0.1) is 5.10 Å². The summed E-state index contributed by atoms with van der Waals surface area (Å²) in [6.07, 6.45) is 9.75. The van der Waals surface area contributed by atoms with Gasteiger partial charge in [0.2, 0.25) is 5.91 Å². The van der Waals surface area contributed by atoms with E-state index < -0.39 is 0 Å². The Hall–Kier alpha value is -2.74. The number of amides is 1. The third kappa shape index (κ3) is 3.72. The second-order valence-corrected chi connectivity index (χ2v) is 10.6. The van der Waals surface area contributed by atoms with E-state index in [2.05, 4.69) is 26.1 Å². The van der Waals surface area contributed by atoms with E-state index in [1.807, 2.05) is 19.9 Å². The van der Waals surface area contributed by atoms with Crippen molar-refractivity contribution in [1.29, 1.82) is 0 Å². The minimum atomic E-state index is -0.260. The van der Waals surface area contributed by atoms with E-state index in [9.17, 15) is 9.59 Å². The van der Waals surface area contributed by atoms with Gasteiger partial charge in [0.15, 0.2) is 5.82 Å². The van der Waals surface area contributed by atoms with Crippen molar-refractivity contribution in [2.45, 2.75) is 71.0 Å². The molecule has 5 heterocycles. The molecule has 0 radical (unpaired) electrons. The summed E-state index contributed by atoms with van der Waals surface area (Å²) in [7, 11) is 0. The maximum Gasteiger partial charge on any atom is 0.267 e. The first-order chi connectivity index (χ1) is 16.5. The highest BCUT2D eigenvalue weighted by Crippen LogP contribution is 2.45. The van der Waals surface area contributed by atoms with E-state index >= 15 is 0 Å². The molecule has 3 aliphatic heterocycles. The van der Waals surface area contributed by atoms with Gasteiger partial charge in [-0.05, 0) is 76.5 Å². The standard InChI is InChI=1S/C26H34N6O2/c1-17-12-18(2)32(27-17)23-8-9-24(33)31(28-23)16-25(34)30-11-5-6-19-13-20-14-21(26(19)30)15-29-10-4-3-7-22(20)29/h8-9,12-13,20-22,26H,3-7,10-11,14-16H2,1-2H3/t20-,21-,22-,26+/m0/s1. The molecule has 3 fully saturated rings. The SMILES string of the molecule is Cc1cc(C)n(-c2ccc(=O)n(CC(=O)N3CCCC4=C[C@H]5C[C@@H](CN6CCCC[C@@H]56)[C@@H]43)n2)n1. The van der Waals surface area contributed by atoms with E-state index in [1.54, 1.807) is 10.7 Å². The molecule has 2 bridgehead atoms. The smallest absolute Gasteiger partial charge is 0.267 e. The number of rotatable bonds is 3. The van der Waals surface area contributed by atoms with Crippen molar-refractivity contribution in [2.24, 2.45) is 11.8 Å². The van der Waals surface area contributed by atoms with Crippen LogP contribution < -0.4 is 5.56 Å². The number of aryl methyl sites for hydroxylation is 2. The van der Waals surface area contributed by atoms with Crippen molar-refractivity contribution in [1.82, 2.24) is 29.4 Å². The predicted molar refractivity (Wildman–Crippen MR) is 129 cm³/mol. The zero-order valence-electron chi connectivity index (χ0n) is 20.2. The number of hydrogen-bond donors (Lipinski definition) is 0. The van der Waals surface area contributed by atoms with Gasteiger partial charge in [0, 0.05) is 30.9 Å². The fraction of sp³-hybridized carbons (Fsp3) is 0.615. The molecule has 4 aliphatic rings. The van der Waals surface area contributed by atoms with Crippen LogP contribution in [-0.4, -0.2) is 67.0 Å². The molecule has 0 spiro atoms. The number of hydrogen-bond acceptors (Lipinski definition) is 5. The lowest BCUT2D eigenvalue weighted by Gasteiger charge is -2.54. The number of carbonyl (C=O) groups is 1. The van der Waals surface area contributed by atoms with Crippen molar-refractivity contribution in [3.63, 3.8) is 0 Å². The lowest BCUT2D eigenvalue weighted by Crippen LogP contribution is -2.60. The van der Waals surface area contributed by atoms with E-state index in [1.165, 1.54) is 48.5 Å². The Balaban J connectivity index is 1.26. The second kappa shape index (κ2) is 8.48. The maximum absolute atomic E-state index is 13.6. The number of likely N-dealkylation sites (tertiary alicyclic amines) is 1. The van der Waals surface area contributed by atoms with Gasteiger partial charge >= 0.3 is 0 Å². The molecule has 34 heavy (non-hydrogen) atoms. The van der Waals surface area contributed by atoms with Gasteiger partial charge in [-0.2, -0.15) is 5.10 Å². The molecule has 180 valence electrons. The van der Waals surface area contributed by atoms with Crippen LogP contribution in [-0.2, 0) is 11.3 Å². The van der Waals surface area contributed by atoms with Crippen LogP contribution in [0.3, 0.4) is 0 Å². The van der Waals surface area contributed by atoms with Gasteiger partial charge in [0.1, 0.15) is 6.54 Å². The molecule has 0 N–H and O–H groups in total. The van der Waals surface area contributed by atoms with Crippen LogP contribution in [0, 0.1) is 25.7 Å². The molecule has 1 aliphatic carbocycles. The van der Waals surface area contributed by atoms with E-state index in [-0.39, 0.29) is 24.1 Å². The highest BCUT2D eigenvalue weighted by Gasteiger charge is 2.46. The van der Waals surface area contributed by atoms with Gasteiger partial charge < -0.3 is 4.90 Å². The number of aromatic nitrogens is 4. The zero-order chi connectivity index (χ0) is 23.4. The van der Waals surface area contributed by atoms with E-state index in [0.717, 1.165) is 37.3 Å². The van der Waals surface area contributed by atoms with Gasteiger partial charge in [-0.3, -0.25) is 14.5 Å². The first-order valence-electron chi connectivity index (χ1n) is 12.8. The summed E-state index contributed by atoms with van der Waals surface area (Å²) in [5, 5.41) is 8.98. The van der Waals surface area contributed by atoms with E-state index in [4.69, 9.17) is 0 Å². The van der Waals surface area contributed by atoms with Gasteiger partial charge in [-0.25, -0.2) is 9.36 Å². The molecule has 0 saturated carbocycles. The Morgan fingerprint density at radius 1 is 1.12 bits per heavy atom. The Morgan fingerprint density at radius 2 is 2.00 bits per heavy atom. The second-order valence-electron chi connectivity index (χ2n) is 10.6. The highest BCUT2D eigenvalue weighted by molar-refractivity contribution is 5.77. The zero-order valence-corrected chi connectivity index (χ0v) is 20.2. The molecule has 3 saturated heterocycles. The average Bonchev–Trinajstić information content (AvgIpc) is 3.18. The molecule has 6 rings (SSSR count). The Bertz CT molecular complexity index is 1200. The monoisotopic (exact) mass is 462 g/mol. The Morgan fingerprint density at radius 3 is 2.82 bits per heavy atom. The van der Waals surface area contributed by atoms with Crippen LogP contribution in [0.4, 0.5) is 0 Å². The van der Waals surface area contributed by atoms with Gasteiger partial charge in [-0.1, -0.05) is 18.1 Å². The van der Waals surface area contributed by atoms with Gasteiger partial charge in [0.25, 0.3) is 5.56 Å². The lowest BCUT2D eigenvalue weighted by atomic mass is 9.68. The lowest BCUT2D eigenvalue weighted by molar-refractivity contribution is -0.137.